The van der Waals surface area contributed by atoms with Crippen LogP contribution in [0, 0.1) is 21.4 Å². The monoisotopic (exact) mass is 942 g/mol. The van der Waals surface area contributed by atoms with Gasteiger partial charge in [-0.05, 0) is 125 Å². The number of carbonyl (C=O) groups is 1. The van der Waals surface area contributed by atoms with Gasteiger partial charge in [-0.2, -0.15) is 4.98 Å². The second-order valence-electron chi connectivity index (χ2n) is 19.8. The van der Waals surface area contributed by atoms with Crippen LogP contribution in [-0.2, 0) is 14.8 Å². The minimum absolute atomic E-state index is 0.0354. The molecule has 7 heterocycles. The molecule has 1 amide bonds. The molecule has 17 heteroatoms. The molecule has 4 fully saturated rings. The standard InChI is InChI=1S/C51H58N8O8S/c1-31(2)38-7-4-5-8-39(38)42-9-6-18-57(42)36-27-51(28-36)15-19-56(20-16-51)35-10-11-40(43(24-35)58-29-32(3)67-50-45(58)23-34-12-17-52-48(34)54-50)49(60)55-68(63,64)37-25-44(59(61)62)47-46(26-37)66-30-41(53-47)33-13-21-65-22-14-33/h4-5,7-8,10-12,17,23-26,32-33,36,41-42,53H,1,6,9,13-16,18-22,27-30H2,2-3H3,(H,52,54)(H,55,60)/t32-,41-,42+/m1/s1. The number of fused-ring (bicyclic) bond motifs is 3. The van der Waals surface area contributed by atoms with E-state index in [0.717, 1.165) is 68.0 Å². The summed E-state index contributed by atoms with van der Waals surface area (Å²) < 4.78 is 48.4. The highest BCUT2D eigenvalue weighted by Crippen LogP contribution is 2.54. The maximum absolute atomic E-state index is 14.5. The lowest BCUT2D eigenvalue weighted by molar-refractivity contribution is -0.384. The number of pyridine rings is 1. The molecular weight excluding hydrogens is 885 g/mol. The topological polar surface area (TPSA) is 184 Å². The van der Waals surface area contributed by atoms with E-state index in [2.05, 4.69) is 62.6 Å². The number of piperidine rings is 1. The second kappa shape index (κ2) is 17.4. The Kier molecular flexibility index (Phi) is 11.4. The molecule has 3 saturated heterocycles. The summed E-state index contributed by atoms with van der Waals surface area (Å²) in [5.41, 5.74) is 6.55. The van der Waals surface area contributed by atoms with Crippen molar-refractivity contribution in [3.8, 4) is 11.6 Å². The van der Waals surface area contributed by atoms with E-state index < -0.39 is 31.4 Å². The van der Waals surface area contributed by atoms with Gasteiger partial charge in [-0.15, -0.1) is 0 Å². The molecule has 0 radical (unpaired) electrons. The van der Waals surface area contributed by atoms with Crippen LogP contribution in [0.25, 0.3) is 16.6 Å². The number of H-pyrrole nitrogens is 1. The number of amides is 1. The number of aromatic nitrogens is 2. The number of rotatable bonds is 10. The number of hydrogen-bond acceptors (Lipinski definition) is 13. The molecule has 16 nitrogen and oxygen atoms in total. The Morgan fingerprint density at radius 1 is 0.985 bits per heavy atom. The molecular formula is C51H58N8O8S. The largest absolute Gasteiger partial charge is 0.489 e. The first-order valence-electron chi connectivity index (χ1n) is 24.0. The van der Waals surface area contributed by atoms with E-state index in [0.29, 0.717) is 54.7 Å². The molecule has 68 heavy (non-hydrogen) atoms. The molecule has 0 unspecified atom stereocenters. The van der Waals surface area contributed by atoms with Crippen molar-refractivity contribution in [3.05, 3.63) is 106 Å². The Morgan fingerprint density at radius 3 is 2.56 bits per heavy atom. The third-order valence-corrected chi connectivity index (χ3v) is 16.8. The number of benzene rings is 3. The summed E-state index contributed by atoms with van der Waals surface area (Å²) in [6.07, 6.45) is 9.87. The van der Waals surface area contributed by atoms with Crippen molar-refractivity contribution >= 4 is 61.0 Å². The summed E-state index contributed by atoms with van der Waals surface area (Å²) in [7, 11) is -4.65. The average molecular weight is 943 g/mol. The first-order chi connectivity index (χ1) is 32.8. The summed E-state index contributed by atoms with van der Waals surface area (Å²) in [5, 5.41) is 16.6. The lowest BCUT2D eigenvalue weighted by Crippen LogP contribution is -2.55. The average Bonchev–Trinajstić information content (AvgIpc) is 4.02. The molecule has 5 aromatic rings. The van der Waals surface area contributed by atoms with Gasteiger partial charge in [0.25, 0.3) is 21.6 Å². The SMILES string of the molecule is C=C(C)c1ccccc1[C@@H]1CCCN1C1CC2(CCN(c3ccc(C(=O)NS(=O)(=O)c4cc5c(c([N+](=O)[O-])c4)N[C@@H](C4CCOCC4)CO5)c(N4C[C@@H](C)Oc5nc6[nH]ccc6cc54)c3)CC2)C1. The van der Waals surface area contributed by atoms with Crippen LogP contribution in [0.1, 0.15) is 92.7 Å². The van der Waals surface area contributed by atoms with Crippen LogP contribution in [0.3, 0.4) is 0 Å². The minimum Gasteiger partial charge on any atom is -0.489 e. The maximum atomic E-state index is 14.5. The summed E-state index contributed by atoms with van der Waals surface area (Å²) >= 11 is 0. The van der Waals surface area contributed by atoms with Crippen LogP contribution in [0.5, 0.6) is 11.6 Å². The van der Waals surface area contributed by atoms with E-state index in [9.17, 15) is 23.3 Å². The number of carbonyl (C=O) groups excluding carboxylic acids is 1. The number of nitrogens with zero attached hydrogens (tertiary/aromatic N) is 5. The van der Waals surface area contributed by atoms with Gasteiger partial charge in [-0.25, -0.2) is 13.1 Å². The molecule has 6 aliphatic rings. The molecule has 0 bridgehead atoms. The predicted molar refractivity (Wildman–Crippen MR) is 261 cm³/mol. The number of sulfonamides is 1. The smallest absolute Gasteiger partial charge is 0.297 e. The summed E-state index contributed by atoms with van der Waals surface area (Å²) in [6.45, 7) is 12.9. The number of nitrogens with one attached hydrogen (secondary N) is 3. The van der Waals surface area contributed by atoms with E-state index in [1.165, 1.54) is 42.9 Å². The van der Waals surface area contributed by atoms with Crippen LogP contribution in [-0.4, -0.2) is 98.3 Å². The van der Waals surface area contributed by atoms with E-state index in [4.69, 9.17) is 19.2 Å². The highest BCUT2D eigenvalue weighted by molar-refractivity contribution is 7.90. The lowest BCUT2D eigenvalue weighted by atomic mass is 9.59. The van der Waals surface area contributed by atoms with Gasteiger partial charge in [-0.1, -0.05) is 36.4 Å². The van der Waals surface area contributed by atoms with Crippen LogP contribution in [0.15, 0.2) is 84.4 Å². The lowest BCUT2D eigenvalue weighted by Gasteiger charge is -2.56. The van der Waals surface area contributed by atoms with Gasteiger partial charge in [0.1, 0.15) is 24.0 Å². The van der Waals surface area contributed by atoms with Gasteiger partial charge in [-0.3, -0.25) is 19.8 Å². The quantitative estimate of drug-likeness (QED) is 0.0893. The second-order valence-corrected chi connectivity index (χ2v) is 21.5. The molecule has 3 N–H and O–H groups in total. The van der Waals surface area contributed by atoms with Gasteiger partial charge in [0, 0.05) is 67.8 Å². The minimum atomic E-state index is -4.65. The highest BCUT2D eigenvalue weighted by atomic mass is 32.2. The predicted octanol–water partition coefficient (Wildman–Crippen LogP) is 8.73. The van der Waals surface area contributed by atoms with Crippen molar-refractivity contribution < 1.29 is 32.3 Å². The molecule has 1 saturated carbocycles. The van der Waals surface area contributed by atoms with Crippen LogP contribution < -0.4 is 29.3 Å². The molecule has 356 valence electrons. The van der Waals surface area contributed by atoms with Crippen molar-refractivity contribution in [2.45, 2.75) is 94.3 Å². The molecule has 2 aromatic heterocycles. The van der Waals surface area contributed by atoms with Gasteiger partial charge in [0.15, 0.2) is 11.4 Å². The Bertz CT molecular complexity index is 2920. The molecule has 3 aromatic carbocycles. The molecule has 1 aliphatic carbocycles. The Hall–Kier alpha value is -6.17. The maximum Gasteiger partial charge on any atom is 0.297 e. The Balaban J connectivity index is 0.858. The molecule has 5 aliphatic heterocycles. The van der Waals surface area contributed by atoms with Crippen molar-refractivity contribution in [2.75, 3.05) is 61.1 Å². The van der Waals surface area contributed by atoms with Crippen LogP contribution in [0.2, 0.25) is 0 Å². The molecule has 1 spiro atoms. The third-order valence-electron chi connectivity index (χ3n) is 15.5. The van der Waals surface area contributed by atoms with Crippen molar-refractivity contribution in [2.24, 2.45) is 11.3 Å². The van der Waals surface area contributed by atoms with Gasteiger partial charge >= 0.3 is 0 Å². The number of nitro groups is 1. The number of ether oxygens (including phenoxy) is 3. The summed E-state index contributed by atoms with van der Waals surface area (Å²) in [4.78, 5) is 40.9. The van der Waals surface area contributed by atoms with E-state index in [-0.39, 0.29) is 47.1 Å². The zero-order valence-electron chi connectivity index (χ0n) is 38.5. The Morgan fingerprint density at radius 2 is 1.78 bits per heavy atom. The van der Waals surface area contributed by atoms with E-state index in [1.54, 1.807) is 12.3 Å². The highest BCUT2D eigenvalue weighted by Gasteiger charge is 2.50. The summed E-state index contributed by atoms with van der Waals surface area (Å²) in [6, 6.07) is 21.2. The third kappa shape index (κ3) is 8.11. The normalized spacial score (nSPS) is 22.9. The molecule has 3 atom stereocenters. The fraction of sp³-hybridized carbons (Fsp3) is 0.451. The number of hydrogen-bond donors (Lipinski definition) is 3. The number of likely N-dealkylation sites (tertiary alicyclic amines) is 1. The number of anilines is 4. The fourth-order valence-electron chi connectivity index (χ4n) is 11.9. The van der Waals surface area contributed by atoms with Gasteiger partial charge in [0.05, 0.1) is 33.7 Å². The number of nitro benzene ring substituents is 1. The van der Waals surface area contributed by atoms with Gasteiger partial charge < -0.3 is 34.3 Å². The van der Waals surface area contributed by atoms with Crippen LogP contribution in [0.4, 0.5) is 28.4 Å². The van der Waals surface area contributed by atoms with Crippen molar-refractivity contribution in [3.63, 3.8) is 0 Å². The fourth-order valence-corrected chi connectivity index (χ4v) is 12.9. The first-order valence-corrected chi connectivity index (χ1v) is 25.5. The van der Waals surface area contributed by atoms with Crippen molar-refractivity contribution in [1.29, 1.82) is 0 Å². The van der Waals surface area contributed by atoms with E-state index >= 15 is 0 Å². The zero-order valence-corrected chi connectivity index (χ0v) is 39.4. The Labute approximate surface area is 396 Å². The van der Waals surface area contributed by atoms with Crippen LogP contribution >= 0.6 is 0 Å². The van der Waals surface area contributed by atoms with E-state index in [1.807, 2.05) is 36.1 Å². The first kappa shape index (κ1) is 44.3. The summed E-state index contributed by atoms with van der Waals surface area (Å²) in [5.74, 6) is -0.280. The number of aromatic amines is 1. The number of allylic oxidation sites excluding steroid dienone is 1. The molecule has 11 rings (SSSR count). The van der Waals surface area contributed by atoms with Gasteiger partial charge in [0.2, 0.25) is 5.88 Å². The zero-order chi connectivity index (χ0) is 46.9. The van der Waals surface area contributed by atoms with Crippen molar-refractivity contribution in [1.82, 2.24) is 19.6 Å².